The summed E-state index contributed by atoms with van der Waals surface area (Å²) in [6, 6.07) is 8.37. The van der Waals surface area contributed by atoms with Gasteiger partial charge in [-0.1, -0.05) is 25.1 Å². The molecule has 1 aliphatic heterocycles. The third-order valence-electron chi connectivity index (χ3n) is 4.97. The lowest BCUT2D eigenvalue weighted by Gasteiger charge is -2.31. The first-order valence-corrected chi connectivity index (χ1v) is 8.85. The van der Waals surface area contributed by atoms with Gasteiger partial charge in [0.05, 0.1) is 0 Å². The number of hydrogen-bond acceptors (Lipinski definition) is 4. The van der Waals surface area contributed by atoms with Gasteiger partial charge in [0.2, 0.25) is 0 Å². The molecule has 126 valence electrons. The molecule has 3 heterocycles. The maximum atomic E-state index is 6.05. The van der Waals surface area contributed by atoms with Crippen molar-refractivity contribution in [3.05, 3.63) is 47.2 Å². The lowest BCUT2D eigenvalue weighted by molar-refractivity contribution is 0.196. The molecule has 4 rings (SSSR count). The van der Waals surface area contributed by atoms with Crippen LogP contribution in [0.2, 0.25) is 0 Å². The molecule has 1 atom stereocenters. The molecular formula is C19H24N4O. The first-order chi connectivity index (χ1) is 11.7. The van der Waals surface area contributed by atoms with Crippen LogP contribution in [-0.2, 0) is 13.0 Å². The fourth-order valence-corrected chi connectivity index (χ4v) is 3.78. The number of aryl methyl sites for hydroxylation is 2. The van der Waals surface area contributed by atoms with Crippen LogP contribution in [0.25, 0.3) is 11.0 Å². The van der Waals surface area contributed by atoms with Gasteiger partial charge < -0.3 is 4.42 Å². The summed E-state index contributed by atoms with van der Waals surface area (Å²) in [6.07, 6.45) is 3.29. The molecule has 0 aliphatic carbocycles. The van der Waals surface area contributed by atoms with Crippen molar-refractivity contribution in [3.63, 3.8) is 0 Å². The van der Waals surface area contributed by atoms with Crippen LogP contribution >= 0.6 is 0 Å². The third kappa shape index (κ3) is 2.84. The van der Waals surface area contributed by atoms with E-state index in [0.29, 0.717) is 5.92 Å². The number of nitrogens with one attached hydrogen (secondary N) is 1. The highest BCUT2D eigenvalue weighted by Gasteiger charge is 2.26. The van der Waals surface area contributed by atoms with E-state index in [9.17, 15) is 0 Å². The van der Waals surface area contributed by atoms with Gasteiger partial charge in [0.15, 0.2) is 5.82 Å². The molecule has 0 saturated carbocycles. The summed E-state index contributed by atoms with van der Waals surface area (Å²) in [6.45, 7) is 7.21. The molecule has 1 saturated heterocycles. The Hall–Kier alpha value is -2.14. The van der Waals surface area contributed by atoms with Gasteiger partial charge in [-0.2, -0.15) is 5.10 Å². The van der Waals surface area contributed by atoms with E-state index in [1.54, 1.807) is 0 Å². The first kappa shape index (κ1) is 15.4. The Bertz CT molecular complexity index is 835. The monoisotopic (exact) mass is 324 g/mol. The lowest BCUT2D eigenvalue weighted by Crippen LogP contribution is -2.34. The number of benzene rings is 1. The summed E-state index contributed by atoms with van der Waals surface area (Å²) in [5, 5.41) is 8.60. The third-order valence-corrected chi connectivity index (χ3v) is 4.97. The Morgan fingerprint density at radius 2 is 2.21 bits per heavy atom. The van der Waals surface area contributed by atoms with Crippen LogP contribution in [0.1, 0.15) is 48.7 Å². The minimum atomic E-state index is 0.423. The quantitative estimate of drug-likeness (QED) is 0.793. The van der Waals surface area contributed by atoms with E-state index in [1.165, 1.54) is 23.8 Å². The molecule has 1 unspecified atom stereocenters. The van der Waals surface area contributed by atoms with E-state index in [4.69, 9.17) is 4.42 Å². The summed E-state index contributed by atoms with van der Waals surface area (Å²) >= 11 is 0. The summed E-state index contributed by atoms with van der Waals surface area (Å²) < 4.78 is 6.05. The number of piperidine rings is 1. The van der Waals surface area contributed by atoms with Crippen molar-refractivity contribution in [2.75, 3.05) is 13.1 Å². The predicted octanol–water partition coefficient (Wildman–Crippen LogP) is 3.80. The van der Waals surface area contributed by atoms with Crippen LogP contribution in [0, 0.1) is 6.92 Å². The second kappa shape index (κ2) is 6.40. The van der Waals surface area contributed by atoms with Crippen LogP contribution < -0.4 is 0 Å². The van der Waals surface area contributed by atoms with E-state index >= 15 is 0 Å². The predicted molar refractivity (Wildman–Crippen MR) is 94.0 cm³/mol. The van der Waals surface area contributed by atoms with Gasteiger partial charge in [0.25, 0.3) is 0 Å². The van der Waals surface area contributed by atoms with Crippen molar-refractivity contribution < 1.29 is 4.42 Å². The van der Waals surface area contributed by atoms with Gasteiger partial charge in [-0.25, -0.2) is 4.98 Å². The number of aromatic nitrogens is 3. The standard InChI is InChI=1S/C19H24N4O/c1-3-17-16(15-8-4-5-9-18(15)24-17)12-23-10-6-7-14(11-23)19-20-13(2)21-22-19/h4-5,8-9,14H,3,6-7,10-12H2,1-2H3,(H,20,21,22). The summed E-state index contributed by atoms with van der Waals surface area (Å²) in [7, 11) is 0. The molecule has 5 heteroatoms. The van der Waals surface area contributed by atoms with Gasteiger partial charge in [-0.3, -0.25) is 10.00 Å². The number of hydrogen-bond donors (Lipinski definition) is 1. The molecule has 0 bridgehead atoms. The largest absolute Gasteiger partial charge is 0.461 e. The number of aromatic amines is 1. The number of para-hydroxylation sites is 1. The highest BCUT2D eigenvalue weighted by molar-refractivity contribution is 5.82. The topological polar surface area (TPSA) is 58.0 Å². The highest BCUT2D eigenvalue weighted by Crippen LogP contribution is 2.30. The molecule has 5 nitrogen and oxygen atoms in total. The Labute approximate surface area is 142 Å². The van der Waals surface area contributed by atoms with Gasteiger partial charge in [0, 0.05) is 36.4 Å². The molecule has 1 fully saturated rings. The molecule has 24 heavy (non-hydrogen) atoms. The van der Waals surface area contributed by atoms with Crippen molar-refractivity contribution in [3.8, 4) is 0 Å². The minimum Gasteiger partial charge on any atom is -0.461 e. The first-order valence-electron chi connectivity index (χ1n) is 8.85. The van der Waals surface area contributed by atoms with Crippen LogP contribution in [0.5, 0.6) is 0 Å². The normalized spacial score (nSPS) is 19.2. The van der Waals surface area contributed by atoms with Crippen LogP contribution in [0.3, 0.4) is 0 Å². The second-order valence-corrected chi connectivity index (χ2v) is 6.71. The van der Waals surface area contributed by atoms with E-state index in [2.05, 4.69) is 45.2 Å². The van der Waals surface area contributed by atoms with E-state index in [-0.39, 0.29) is 0 Å². The van der Waals surface area contributed by atoms with Gasteiger partial charge in [0.1, 0.15) is 17.2 Å². The molecule has 1 aromatic carbocycles. The molecule has 0 amide bonds. The smallest absolute Gasteiger partial charge is 0.155 e. The fourth-order valence-electron chi connectivity index (χ4n) is 3.78. The summed E-state index contributed by atoms with van der Waals surface area (Å²) in [5.74, 6) is 3.40. The zero-order chi connectivity index (χ0) is 16.5. The number of fused-ring (bicyclic) bond motifs is 1. The number of nitrogens with zero attached hydrogens (tertiary/aromatic N) is 3. The average Bonchev–Trinajstić information content (AvgIpc) is 3.19. The Morgan fingerprint density at radius 1 is 1.33 bits per heavy atom. The van der Waals surface area contributed by atoms with Gasteiger partial charge in [-0.15, -0.1) is 0 Å². The van der Waals surface area contributed by atoms with Crippen molar-refractivity contribution in [1.29, 1.82) is 0 Å². The Morgan fingerprint density at radius 3 is 3.00 bits per heavy atom. The van der Waals surface area contributed by atoms with E-state index < -0.39 is 0 Å². The molecule has 1 aliphatic rings. The number of rotatable bonds is 4. The maximum Gasteiger partial charge on any atom is 0.155 e. The Balaban J connectivity index is 1.57. The fraction of sp³-hybridized carbons (Fsp3) is 0.474. The second-order valence-electron chi connectivity index (χ2n) is 6.71. The van der Waals surface area contributed by atoms with E-state index in [0.717, 1.165) is 49.0 Å². The number of H-pyrrole nitrogens is 1. The molecule has 0 radical (unpaired) electrons. The van der Waals surface area contributed by atoms with E-state index in [1.807, 2.05) is 13.0 Å². The summed E-state index contributed by atoms with van der Waals surface area (Å²) in [4.78, 5) is 7.06. The molecule has 0 spiro atoms. The van der Waals surface area contributed by atoms with Crippen molar-refractivity contribution in [2.45, 2.75) is 45.6 Å². The minimum absolute atomic E-state index is 0.423. The zero-order valence-corrected chi connectivity index (χ0v) is 14.4. The summed E-state index contributed by atoms with van der Waals surface area (Å²) in [5.41, 5.74) is 2.35. The zero-order valence-electron chi connectivity index (χ0n) is 14.4. The average molecular weight is 324 g/mol. The molecule has 2 aromatic heterocycles. The van der Waals surface area contributed by atoms with Gasteiger partial charge in [-0.05, 0) is 32.4 Å². The number of furan rings is 1. The number of likely N-dealkylation sites (tertiary alicyclic amines) is 1. The van der Waals surface area contributed by atoms with Crippen LogP contribution in [0.4, 0.5) is 0 Å². The maximum absolute atomic E-state index is 6.05. The molecular weight excluding hydrogens is 300 g/mol. The van der Waals surface area contributed by atoms with Gasteiger partial charge >= 0.3 is 0 Å². The molecule has 3 aromatic rings. The van der Waals surface area contributed by atoms with Crippen molar-refractivity contribution in [1.82, 2.24) is 20.1 Å². The van der Waals surface area contributed by atoms with Crippen LogP contribution in [-0.4, -0.2) is 33.2 Å². The lowest BCUT2D eigenvalue weighted by atomic mass is 9.96. The van der Waals surface area contributed by atoms with Crippen LogP contribution in [0.15, 0.2) is 28.7 Å². The highest BCUT2D eigenvalue weighted by atomic mass is 16.3. The van der Waals surface area contributed by atoms with Crippen molar-refractivity contribution >= 4 is 11.0 Å². The van der Waals surface area contributed by atoms with Crippen molar-refractivity contribution in [2.24, 2.45) is 0 Å². The molecule has 1 N–H and O–H groups in total. The Kier molecular flexibility index (Phi) is 4.10. The SMILES string of the molecule is CCc1oc2ccccc2c1CN1CCCC(c2n[nH]c(C)n2)C1.